The largest absolute Gasteiger partial charge is 0.466 e. The van der Waals surface area contributed by atoms with E-state index in [-0.39, 0.29) is 18.5 Å². The maximum Gasteiger partial charge on any atom is 0.305 e. The average molecular weight is 975 g/mol. The molecule has 2 unspecified atom stereocenters. The molecular formula is C63H123NO5. The Bertz CT molecular complexity index is 1030. The Labute approximate surface area is 431 Å². The second-order valence-electron chi connectivity index (χ2n) is 21.8. The van der Waals surface area contributed by atoms with Crippen LogP contribution < -0.4 is 5.32 Å². The number of hydrogen-bond donors (Lipinski definition) is 3. The Morgan fingerprint density at radius 2 is 0.667 bits per heavy atom. The van der Waals surface area contributed by atoms with Gasteiger partial charge in [0, 0.05) is 12.8 Å². The van der Waals surface area contributed by atoms with E-state index in [1.807, 2.05) is 6.08 Å². The number of unbranched alkanes of at least 4 members (excludes halogenated alkanes) is 48. The molecule has 0 aromatic carbocycles. The summed E-state index contributed by atoms with van der Waals surface area (Å²) in [5, 5.41) is 23.1. The minimum absolute atomic E-state index is 0.0100. The molecule has 0 aliphatic heterocycles. The summed E-state index contributed by atoms with van der Waals surface area (Å²) >= 11 is 0. The number of hydrogen-bond acceptors (Lipinski definition) is 5. The summed E-state index contributed by atoms with van der Waals surface area (Å²) in [5.41, 5.74) is 0. The lowest BCUT2D eigenvalue weighted by Gasteiger charge is -2.20. The van der Waals surface area contributed by atoms with E-state index in [0.717, 1.165) is 38.5 Å². The van der Waals surface area contributed by atoms with Crippen LogP contribution in [0, 0.1) is 0 Å². The molecule has 0 bridgehead atoms. The van der Waals surface area contributed by atoms with Gasteiger partial charge >= 0.3 is 5.97 Å². The molecule has 3 N–H and O–H groups in total. The number of rotatable bonds is 59. The summed E-state index contributed by atoms with van der Waals surface area (Å²) in [7, 11) is 0. The topological polar surface area (TPSA) is 95.9 Å². The summed E-state index contributed by atoms with van der Waals surface area (Å²) in [6.07, 6.45) is 71.0. The minimum Gasteiger partial charge on any atom is -0.466 e. The van der Waals surface area contributed by atoms with Gasteiger partial charge in [0.25, 0.3) is 0 Å². The Morgan fingerprint density at radius 1 is 0.391 bits per heavy atom. The molecule has 410 valence electrons. The van der Waals surface area contributed by atoms with Crippen LogP contribution in [0.5, 0.6) is 0 Å². The molecule has 0 saturated carbocycles. The summed E-state index contributed by atoms with van der Waals surface area (Å²) < 4.78 is 5.50. The summed E-state index contributed by atoms with van der Waals surface area (Å²) in [4.78, 5) is 24.6. The highest BCUT2D eigenvalue weighted by atomic mass is 16.5. The van der Waals surface area contributed by atoms with E-state index >= 15 is 0 Å². The third-order valence-corrected chi connectivity index (χ3v) is 14.8. The number of esters is 1. The average Bonchev–Trinajstić information content (AvgIpc) is 3.35. The third kappa shape index (κ3) is 55.8. The van der Waals surface area contributed by atoms with Crippen LogP contribution in [0.25, 0.3) is 0 Å². The van der Waals surface area contributed by atoms with Crippen molar-refractivity contribution in [3.63, 3.8) is 0 Å². The number of carbonyl (C=O) groups is 2. The molecule has 0 spiro atoms. The fourth-order valence-corrected chi connectivity index (χ4v) is 9.99. The number of carbonyl (C=O) groups excluding carboxylic acids is 2. The summed E-state index contributed by atoms with van der Waals surface area (Å²) in [5.74, 6) is -0.0604. The van der Waals surface area contributed by atoms with Crippen LogP contribution in [0.2, 0.25) is 0 Å². The Balaban J connectivity index is 3.40. The summed E-state index contributed by atoms with van der Waals surface area (Å²) in [6.45, 7) is 4.93. The lowest BCUT2D eigenvalue weighted by Crippen LogP contribution is -2.45. The summed E-state index contributed by atoms with van der Waals surface area (Å²) in [6, 6.07) is -0.631. The van der Waals surface area contributed by atoms with Crippen molar-refractivity contribution in [2.75, 3.05) is 13.2 Å². The molecule has 69 heavy (non-hydrogen) atoms. The zero-order valence-corrected chi connectivity index (χ0v) is 46.8. The van der Waals surface area contributed by atoms with Gasteiger partial charge in [0.1, 0.15) is 0 Å². The highest BCUT2D eigenvalue weighted by molar-refractivity contribution is 5.76. The maximum atomic E-state index is 12.5. The van der Waals surface area contributed by atoms with Gasteiger partial charge in [0.15, 0.2) is 0 Å². The Morgan fingerprint density at radius 3 is 0.986 bits per heavy atom. The van der Waals surface area contributed by atoms with Crippen LogP contribution in [-0.4, -0.2) is 47.4 Å². The van der Waals surface area contributed by atoms with Crippen LogP contribution >= 0.6 is 0 Å². The molecule has 2 atom stereocenters. The quantitative estimate of drug-likeness (QED) is 0.0321. The van der Waals surface area contributed by atoms with Crippen molar-refractivity contribution in [3.05, 3.63) is 12.2 Å². The lowest BCUT2D eigenvalue weighted by molar-refractivity contribution is -0.143. The lowest BCUT2D eigenvalue weighted by atomic mass is 10.0. The number of aliphatic hydroxyl groups excluding tert-OH is 2. The second kappa shape index (κ2) is 59.2. The van der Waals surface area contributed by atoms with Gasteiger partial charge in [-0.3, -0.25) is 9.59 Å². The molecule has 1 amide bonds. The van der Waals surface area contributed by atoms with Crippen molar-refractivity contribution >= 4 is 11.9 Å². The fraction of sp³-hybridized carbons (Fsp3) is 0.937. The van der Waals surface area contributed by atoms with Gasteiger partial charge in [-0.15, -0.1) is 0 Å². The maximum absolute atomic E-state index is 12.5. The van der Waals surface area contributed by atoms with Crippen molar-refractivity contribution in [1.82, 2.24) is 5.32 Å². The second-order valence-corrected chi connectivity index (χ2v) is 21.8. The highest BCUT2D eigenvalue weighted by Gasteiger charge is 2.18. The number of nitrogens with one attached hydrogen (secondary N) is 1. The van der Waals surface area contributed by atoms with Gasteiger partial charge in [-0.25, -0.2) is 0 Å². The van der Waals surface area contributed by atoms with Gasteiger partial charge in [-0.2, -0.15) is 0 Å². The minimum atomic E-state index is -0.847. The molecular weight excluding hydrogens is 851 g/mol. The normalized spacial score (nSPS) is 12.6. The first-order valence-corrected chi connectivity index (χ1v) is 31.5. The molecule has 6 heteroatoms. The molecule has 0 aromatic rings. The monoisotopic (exact) mass is 974 g/mol. The number of allylic oxidation sites excluding steroid dienone is 1. The predicted octanol–water partition coefficient (Wildman–Crippen LogP) is 19.6. The van der Waals surface area contributed by atoms with E-state index in [2.05, 4.69) is 19.2 Å². The van der Waals surface area contributed by atoms with Crippen molar-refractivity contribution in [1.29, 1.82) is 0 Å². The first-order chi connectivity index (χ1) is 34.0. The van der Waals surface area contributed by atoms with Gasteiger partial charge in [0.2, 0.25) is 5.91 Å². The SMILES string of the molecule is CCCCCCCCCCCCCCCC/C=C/C(O)C(CO)NC(=O)CCCCCCCCCCCCCCCCCCCOC(=O)CCCCCCCCCCCCCCCCCCCCC. The number of ether oxygens (including phenoxy) is 1. The molecule has 0 aromatic heterocycles. The first-order valence-electron chi connectivity index (χ1n) is 31.5. The third-order valence-electron chi connectivity index (χ3n) is 14.8. The van der Waals surface area contributed by atoms with Gasteiger partial charge in [-0.05, 0) is 32.1 Å². The van der Waals surface area contributed by atoms with Crippen molar-refractivity contribution < 1.29 is 24.5 Å². The van der Waals surface area contributed by atoms with E-state index in [9.17, 15) is 19.8 Å². The Hall–Kier alpha value is -1.40. The van der Waals surface area contributed by atoms with Crippen LogP contribution in [0.3, 0.4) is 0 Å². The van der Waals surface area contributed by atoms with Crippen LogP contribution in [0.1, 0.15) is 354 Å². The molecule has 0 heterocycles. The molecule has 6 nitrogen and oxygen atoms in total. The zero-order chi connectivity index (χ0) is 50.0. The van der Waals surface area contributed by atoms with E-state index in [4.69, 9.17) is 4.74 Å². The van der Waals surface area contributed by atoms with Crippen LogP contribution in [0.4, 0.5) is 0 Å². The molecule has 0 saturated heterocycles. The van der Waals surface area contributed by atoms with E-state index in [1.165, 1.54) is 289 Å². The molecule has 0 aliphatic rings. The molecule has 0 fully saturated rings. The van der Waals surface area contributed by atoms with Crippen molar-refractivity contribution in [2.24, 2.45) is 0 Å². The van der Waals surface area contributed by atoms with Gasteiger partial charge in [-0.1, -0.05) is 321 Å². The van der Waals surface area contributed by atoms with E-state index in [1.54, 1.807) is 6.08 Å². The van der Waals surface area contributed by atoms with Gasteiger partial charge in [0.05, 0.1) is 25.4 Å². The van der Waals surface area contributed by atoms with Gasteiger partial charge < -0.3 is 20.3 Å². The smallest absolute Gasteiger partial charge is 0.305 e. The molecule has 0 aliphatic carbocycles. The molecule has 0 radical (unpaired) electrons. The van der Waals surface area contributed by atoms with E-state index < -0.39 is 12.1 Å². The zero-order valence-electron chi connectivity index (χ0n) is 46.8. The number of aliphatic hydroxyl groups is 2. The van der Waals surface area contributed by atoms with Crippen molar-refractivity contribution in [3.8, 4) is 0 Å². The van der Waals surface area contributed by atoms with Crippen molar-refractivity contribution in [2.45, 2.75) is 366 Å². The van der Waals surface area contributed by atoms with Crippen LogP contribution in [-0.2, 0) is 14.3 Å². The van der Waals surface area contributed by atoms with E-state index in [0.29, 0.717) is 19.4 Å². The fourth-order valence-electron chi connectivity index (χ4n) is 9.99. The standard InChI is InChI=1S/C63H123NO5/c1-3-5-7-9-11-13-15-17-19-21-22-25-29-33-37-41-45-49-53-57-63(68)69-58-54-50-46-42-38-34-30-26-23-24-28-32-36-40-44-48-52-56-62(67)64-60(59-65)61(66)55-51-47-43-39-35-31-27-20-18-16-14-12-10-8-6-4-2/h51,55,60-61,65-66H,3-50,52-54,56-59H2,1-2H3,(H,64,67)/b55-51+. The number of amides is 1. The Kier molecular flexibility index (Phi) is 58.0. The molecule has 0 rings (SSSR count). The first kappa shape index (κ1) is 67.6. The predicted molar refractivity (Wildman–Crippen MR) is 301 cm³/mol. The highest BCUT2D eigenvalue weighted by Crippen LogP contribution is 2.18. The van der Waals surface area contributed by atoms with Crippen LogP contribution in [0.15, 0.2) is 12.2 Å².